The Morgan fingerprint density at radius 3 is 2.30 bits per heavy atom. The molecule has 0 saturated heterocycles. The lowest BCUT2D eigenvalue weighted by Crippen LogP contribution is -2.04. The Kier molecular flexibility index (Phi) is 4.88. The summed E-state index contributed by atoms with van der Waals surface area (Å²) < 4.78 is 0. The lowest BCUT2D eigenvalue weighted by molar-refractivity contribution is 1.32. The standard InChI is InChI=1S/C15H15Cl2N3/c1-10(14-9-12(17)5-8-15(14)18-2)19-20-13-6-3-11(16)4-7-13/h3-9,18,20H,1-2H3/b19-10-. The lowest BCUT2D eigenvalue weighted by atomic mass is 10.1. The van der Waals surface area contributed by atoms with E-state index in [0.29, 0.717) is 10.0 Å². The van der Waals surface area contributed by atoms with Crippen LogP contribution in [0.3, 0.4) is 0 Å². The smallest absolute Gasteiger partial charge is 0.0669 e. The molecular formula is C15H15Cl2N3. The Morgan fingerprint density at radius 1 is 1.00 bits per heavy atom. The number of rotatable bonds is 4. The third kappa shape index (κ3) is 3.65. The Labute approximate surface area is 128 Å². The van der Waals surface area contributed by atoms with E-state index >= 15 is 0 Å². The molecule has 0 bridgehead atoms. The number of benzene rings is 2. The molecule has 0 aromatic heterocycles. The highest BCUT2D eigenvalue weighted by atomic mass is 35.5. The van der Waals surface area contributed by atoms with Gasteiger partial charge in [-0.25, -0.2) is 0 Å². The van der Waals surface area contributed by atoms with Gasteiger partial charge in [-0.15, -0.1) is 0 Å². The molecule has 2 rings (SSSR count). The molecule has 20 heavy (non-hydrogen) atoms. The van der Waals surface area contributed by atoms with Gasteiger partial charge in [-0.3, -0.25) is 5.43 Å². The van der Waals surface area contributed by atoms with Gasteiger partial charge in [0.15, 0.2) is 0 Å². The van der Waals surface area contributed by atoms with Crippen LogP contribution in [0, 0.1) is 0 Å². The van der Waals surface area contributed by atoms with Crippen LogP contribution >= 0.6 is 23.2 Å². The molecule has 2 aromatic carbocycles. The summed E-state index contributed by atoms with van der Waals surface area (Å²) in [7, 11) is 1.87. The van der Waals surface area contributed by atoms with Gasteiger partial charge in [0.05, 0.1) is 11.4 Å². The molecule has 0 atom stereocenters. The first-order valence-corrected chi connectivity index (χ1v) is 6.89. The molecule has 0 aliphatic carbocycles. The van der Waals surface area contributed by atoms with Gasteiger partial charge in [0.25, 0.3) is 0 Å². The van der Waals surface area contributed by atoms with Crippen molar-refractivity contribution in [1.29, 1.82) is 0 Å². The van der Waals surface area contributed by atoms with E-state index in [1.54, 1.807) is 0 Å². The van der Waals surface area contributed by atoms with Gasteiger partial charge in [0.2, 0.25) is 0 Å². The van der Waals surface area contributed by atoms with Crippen molar-refractivity contribution in [3.05, 3.63) is 58.1 Å². The van der Waals surface area contributed by atoms with Gasteiger partial charge in [0.1, 0.15) is 0 Å². The molecule has 0 saturated carbocycles. The van der Waals surface area contributed by atoms with Crippen molar-refractivity contribution in [3.63, 3.8) is 0 Å². The zero-order chi connectivity index (χ0) is 14.5. The molecule has 0 aliphatic heterocycles. The van der Waals surface area contributed by atoms with Gasteiger partial charge in [0, 0.05) is 28.3 Å². The van der Waals surface area contributed by atoms with E-state index in [1.807, 2.05) is 56.4 Å². The zero-order valence-electron chi connectivity index (χ0n) is 11.2. The third-order valence-electron chi connectivity index (χ3n) is 2.84. The van der Waals surface area contributed by atoms with Gasteiger partial charge >= 0.3 is 0 Å². The van der Waals surface area contributed by atoms with Crippen LogP contribution in [0.2, 0.25) is 10.0 Å². The topological polar surface area (TPSA) is 36.4 Å². The van der Waals surface area contributed by atoms with Crippen LogP contribution in [0.25, 0.3) is 0 Å². The maximum absolute atomic E-state index is 6.03. The van der Waals surface area contributed by atoms with Crippen LogP contribution in [-0.2, 0) is 0 Å². The summed E-state index contributed by atoms with van der Waals surface area (Å²) in [5, 5.41) is 8.87. The minimum absolute atomic E-state index is 0.681. The number of hydrazone groups is 1. The molecular weight excluding hydrogens is 293 g/mol. The summed E-state index contributed by atoms with van der Waals surface area (Å²) in [6.45, 7) is 1.93. The first kappa shape index (κ1) is 14.7. The van der Waals surface area contributed by atoms with Crippen LogP contribution in [0.4, 0.5) is 11.4 Å². The fourth-order valence-corrected chi connectivity index (χ4v) is 2.06. The average Bonchev–Trinajstić information content (AvgIpc) is 2.46. The largest absolute Gasteiger partial charge is 0.388 e. The summed E-state index contributed by atoms with van der Waals surface area (Å²) >= 11 is 11.9. The molecule has 0 heterocycles. The van der Waals surface area contributed by atoms with Crippen LogP contribution in [0.5, 0.6) is 0 Å². The van der Waals surface area contributed by atoms with Crippen molar-refractivity contribution in [2.24, 2.45) is 5.10 Å². The molecule has 2 aromatic rings. The average molecular weight is 308 g/mol. The van der Waals surface area contributed by atoms with Crippen molar-refractivity contribution in [3.8, 4) is 0 Å². The highest BCUT2D eigenvalue weighted by Crippen LogP contribution is 2.21. The van der Waals surface area contributed by atoms with Gasteiger partial charge in [-0.2, -0.15) is 5.10 Å². The van der Waals surface area contributed by atoms with E-state index in [1.165, 1.54) is 0 Å². The third-order valence-corrected chi connectivity index (χ3v) is 3.32. The Morgan fingerprint density at radius 2 is 1.65 bits per heavy atom. The normalized spacial score (nSPS) is 11.3. The molecule has 0 unspecified atom stereocenters. The summed E-state index contributed by atoms with van der Waals surface area (Å²) in [5.74, 6) is 0. The van der Waals surface area contributed by atoms with Crippen molar-refractivity contribution in [2.45, 2.75) is 6.92 Å². The number of halogens is 2. The number of nitrogens with one attached hydrogen (secondary N) is 2. The Balaban J connectivity index is 2.22. The number of anilines is 2. The Bertz CT molecular complexity index is 622. The zero-order valence-corrected chi connectivity index (χ0v) is 12.8. The lowest BCUT2D eigenvalue weighted by Gasteiger charge is -2.10. The first-order chi connectivity index (χ1) is 9.60. The fourth-order valence-electron chi connectivity index (χ4n) is 1.77. The monoisotopic (exact) mass is 307 g/mol. The molecule has 0 amide bonds. The van der Waals surface area contributed by atoms with Crippen LogP contribution < -0.4 is 10.7 Å². The maximum Gasteiger partial charge on any atom is 0.0669 e. The molecule has 0 fully saturated rings. The molecule has 5 heteroatoms. The van der Waals surface area contributed by atoms with Crippen molar-refractivity contribution < 1.29 is 0 Å². The molecule has 104 valence electrons. The molecule has 2 N–H and O–H groups in total. The summed E-state index contributed by atoms with van der Waals surface area (Å²) in [5.41, 5.74) is 6.66. The predicted molar refractivity (Wildman–Crippen MR) is 88.3 cm³/mol. The van der Waals surface area contributed by atoms with Gasteiger partial charge < -0.3 is 5.32 Å². The van der Waals surface area contributed by atoms with Gasteiger partial charge in [-0.05, 0) is 49.4 Å². The van der Waals surface area contributed by atoms with Crippen molar-refractivity contribution in [1.82, 2.24) is 0 Å². The highest BCUT2D eigenvalue weighted by Gasteiger charge is 2.05. The van der Waals surface area contributed by atoms with Crippen LogP contribution in [-0.4, -0.2) is 12.8 Å². The molecule has 0 spiro atoms. The van der Waals surface area contributed by atoms with E-state index in [9.17, 15) is 0 Å². The van der Waals surface area contributed by atoms with Crippen molar-refractivity contribution in [2.75, 3.05) is 17.8 Å². The van der Waals surface area contributed by atoms with E-state index in [-0.39, 0.29) is 0 Å². The summed E-state index contributed by atoms with van der Waals surface area (Å²) in [6, 6.07) is 13.0. The number of hydrogen-bond donors (Lipinski definition) is 2. The highest BCUT2D eigenvalue weighted by molar-refractivity contribution is 6.31. The van der Waals surface area contributed by atoms with Crippen LogP contribution in [0.1, 0.15) is 12.5 Å². The number of hydrogen-bond acceptors (Lipinski definition) is 3. The van der Waals surface area contributed by atoms with Gasteiger partial charge in [-0.1, -0.05) is 23.2 Å². The number of nitrogens with zero attached hydrogens (tertiary/aromatic N) is 1. The van der Waals surface area contributed by atoms with E-state index in [0.717, 1.165) is 22.6 Å². The molecule has 0 aliphatic rings. The second kappa shape index (κ2) is 6.64. The first-order valence-electron chi connectivity index (χ1n) is 6.13. The molecule has 0 radical (unpaired) electrons. The van der Waals surface area contributed by atoms with E-state index < -0.39 is 0 Å². The van der Waals surface area contributed by atoms with Crippen molar-refractivity contribution >= 4 is 40.3 Å². The second-order valence-electron chi connectivity index (χ2n) is 4.26. The molecule has 3 nitrogen and oxygen atoms in total. The maximum atomic E-state index is 6.03. The summed E-state index contributed by atoms with van der Waals surface area (Å²) in [6.07, 6.45) is 0. The second-order valence-corrected chi connectivity index (χ2v) is 5.13. The minimum atomic E-state index is 0.681. The van der Waals surface area contributed by atoms with E-state index in [4.69, 9.17) is 23.2 Å². The van der Waals surface area contributed by atoms with E-state index in [2.05, 4.69) is 15.8 Å². The fraction of sp³-hybridized carbons (Fsp3) is 0.133. The van der Waals surface area contributed by atoms with Crippen LogP contribution in [0.15, 0.2) is 47.6 Å². The minimum Gasteiger partial charge on any atom is -0.388 e. The predicted octanol–water partition coefficient (Wildman–Crippen LogP) is 4.87. The quantitative estimate of drug-likeness (QED) is 0.624. The summed E-state index contributed by atoms with van der Waals surface area (Å²) in [4.78, 5) is 0. The Hall–Kier alpha value is -1.71. The SMILES string of the molecule is CNc1ccc(Cl)cc1/C(C)=N\Nc1ccc(Cl)cc1.